The summed E-state index contributed by atoms with van der Waals surface area (Å²) >= 11 is 0. The molecule has 0 aromatic heterocycles. The topological polar surface area (TPSA) is 83.7 Å². The fourth-order valence-corrected chi connectivity index (χ4v) is 2.00. The highest BCUT2D eigenvalue weighted by atomic mass is 16.6. The fraction of sp³-hybridized carbons (Fsp3) is 0.462. The number of nitro groups is 1. The van der Waals surface area contributed by atoms with E-state index in [0.29, 0.717) is 12.1 Å². The molecule has 19 heavy (non-hydrogen) atoms. The van der Waals surface area contributed by atoms with Gasteiger partial charge < -0.3 is 10.0 Å². The van der Waals surface area contributed by atoms with E-state index in [1.165, 1.54) is 11.0 Å². The highest BCUT2D eigenvalue weighted by molar-refractivity contribution is 5.80. The zero-order chi connectivity index (χ0) is 14.7. The monoisotopic (exact) mass is 266 g/mol. The average molecular weight is 266 g/mol. The van der Waals surface area contributed by atoms with Gasteiger partial charge in [-0.15, -0.1) is 0 Å². The third-order valence-corrected chi connectivity index (χ3v) is 3.31. The highest BCUT2D eigenvalue weighted by Crippen LogP contribution is 2.32. The van der Waals surface area contributed by atoms with Crippen molar-refractivity contribution in [1.29, 1.82) is 0 Å². The maximum atomic E-state index is 11.2. The summed E-state index contributed by atoms with van der Waals surface area (Å²) in [6.45, 7) is 5.38. The number of carbonyl (C=O) groups is 1. The fourth-order valence-electron chi connectivity index (χ4n) is 2.00. The summed E-state index contributed by atoms with van der Waals surface area (Å²) in [5, 5.41) is 20.2. The molecule has 0 aliphatic carbocycles. The van der Waals surface area contributed by atoms with Crippen LogP contribution in [0.1, 0.15) is 24.5 Å². The second-order valence-corrected chi connectivity index (χ2v) is 4.56. The first-order valence-electron chi connectivity index (χ1n) is 6.00. The summed E-state index contributed by atoms with van der Waals surface area (Å²) < 4.78 is 0. The third-order valence-electron chi connectivity index (χ3n) is 3.31. The van der Waals surface area contributed by atoms with Crippen LogP contribution in [0.5, 0.6) is 0 Å². The van der Waals surface area contributed by atoms with Gasteiger partial charge in [-0.2, -0.15) is 0 Å². The van der Waals surface area contributed by atoms with Crippen molar-refractivity contribution < 1.29 is 14.8 Å². The van der Waals surface area contributed by atoms with Crippen molar-refractivity contribution in [3.05, 3.63) is 33.4 Å². The predicted molar refractivity (Wildman–Crippen MR) is 72.7 cm³/mol. The molecule has 1 aromatic rings. The minimum Gasteiger partial charge on any atom is -0.480 e. The van der Waals surface area contributed by atoms with Crippen LogP contribution in [0.25, 0.3) is 0 Å². The van der Waals surface area contributed by atoms with Crippen molar-refractivity contribution in [2.45, 2.75) is 33.2 Å². The Morgan fingerprint density at radius 3 is 2.37 bits per heavy atom. The largest absolute Gasteiger partial charge is 0.480 e. The van der Waals surface area contributed by atoms with Crippen LogP contribution in [0.15, 0.2) is 12.1 Å². The summed E-state index contributed by atoms with van der Waals surface area (Å²) in [6.07, 6.45) is 0.371. The molecule has 0 saturated heterocycles. The van der Waals surface area contributed by atoms with Gasteiger partial charge in [0.1, 0.15) is 11.7 Å². The Bertz CT molecular complexity index is 514. The van der Waals surface area contributed by atoms with Gasteiger partial charge in [0.2, 0.25) is 0 Å². The minimum atomic E-state index is -0.988. The number of anilines is 1. The number of benzene rings is 1. The molecule has 1 N–H and O–H groups in total. The number of hydrogen-bond acceptors (Lipinski definition) is 4. The first kappa shape index (κ1) is 14.9. The molecule has 1 atom stereocenters. The van der Waals surface area contributed by atoms with E-state index in [-0.39, 0.29) is 5.69 Å². The normalized spacial score (nSPS) is 12.0. The Morgan fingerprint density at radius 2 is 1.95 bits per heavy atom. The van der Waals surface area contributed by atoms with E-state index in [1.807, 2.05) is 6.92 Å². The number of nitrogens with zero attached hydrogens (tertiary/aromatic N) is 2. The van der Waals surface area contributed by atoms with E-state index >= 15 is 0 Å². The van der Waals surface area contributed by atoms with Gasteiger partial charge in [-0.05, 0) is 37.5 Å². The van der Waals surface area contributed by atoms with Gasteiger partial charge in [0.15, 0.2) is 0 Å². The molecule has 0 fully saturated rings. The van der Waals surface area contributed by atoms with Crippen LogP contribution in [0, 0.1) is 24.0 Å². The zero-order valence-corrected chi connectivity index (χ0v) is 11.5. The van der Waals surface area contributed by atoms with E-state index in [9.17, 15) is 14.9 Å². The first-order chi connectivity index (χ1) is 8.79. The molecule has 104 valence electrons. The van der Waals surface area contributed by atoms with Gasteiger partial charge in [-0.1, -0.05) is 6.92 Å². The van der Waals surface area contributed by atoms with Gasteiger partial charge in [-0.25, -0.2) is 4.79 Å². The predicted octanol–water partition coefficient (Wildman–Crippen LogP) is 2.51. The molecular formula is C13H18N2O4. The molecule has 0 heterocycles. The third kappa shape index (κ3) is 3.01. The van der Waals surface area contributed by atoms with Gasteiger partial charge in [0.25, 0.3) is 5.69 Å². The number of hydrogen-bond donors (Lipinski definition) is 1. The zero-order valence-electron chi connectivity index (χ0n) is 11.5. The lowest BCUT2D eigenvalue weighted by atomic mass is 10.1. The summed E-state index contributed by atoms with van der Waals surface area (Å²) in [7, 11) is 1.57. The smallest absolute Gasteiger partial charge is 0.326 e. The molecule has 6 heteroatoms. The number of carboxylic acids is 1. The Hall–Kier alpha value is -2.11. The second-order valence-electron chi connectivity index (χ2n) is 4.56. The van der Waals surface area contributed by atoms with E-state index < -0.39 is 16.9 Å². The van der Waals surface area contributed by atoms with Gasteiger partial charge >= 0.3 is 5.97 Å². The molecule has 1 aromatic carbocycles. The molecule has 0 bridgehead atoms. The Balaban J connectivity index is 3.36. The van der Waals surface area contributed by atoms with Crippen LogP contribution in [-0.2, 0) is 4.79 Å². The molecule has 1 rings (SSSR count). The molecule has 1 unspecified atom stereocenters. The van der Waals surface area contributed by atoms with Crippen molar-refractivity contribution in [2.75, 3.05) is 11.9 Å². The Morgan fingerprint density at radius 1 is 1.42 bits per heavy atom. The molecule has 0 amide bonds. The average Bonchev–Trinajstić information content (AvgIpc) is 2.31. The van der Waals surface area contributed by atoms with Crippen LogP contribution in [0.2, 0.25) is 0 Å². The summed E-state index contributed by atoms with van der Waals surface area (Å²) in [4.78, 5) is 23.2. The molecule has 0 spiro atoms. The number of carboxylic acid groups (broad SMARTS) is 1. The lowest BCUT2D eigenvalue weighted by Gasteiger charge is -2.26. The number of aliphatic carboxylic acids is 1. The number of aryl methyl sites for hydroxylation is 2. The standard InChI is InChI=1S/C13H18N2O4/c1-5-10(13(16)17)14(4)11-6-8(2)9(3)7-12(11)15(18)19/h6-7,10H,5H2,1-4H3,(H,16,17). The number of nitro benzene ring substituents is 1. The van der Waals surface area contributed by atoms with E-state index in [2.05, 4.69) is 0 Å². The highest BCUT2D eigenvalue weighted by Gasteiger charge is 2.27. The molecule has 0 aliphatic rings. The van der Waals surface area contributed by atoms with Crippen molar-refractivity contribution in [2.24, 2.45) is 0 Å². The van der Waals surface area contributed by atoms with E-state index in [0.717, 1.165) is 11.1 Å². The minimum absolute atomic E-state index is 0.0645. The van der Waals surface area contributed by atoms with Crippen molar-refractivity contribution in [1.82, 2.24) is 0 Å². The lowest BCUT2D eigenvalue weighted by Crippen LogP contribution is -2.38. The molecule has 0 saturated carbocycles. The maximum Gasteiger partial charge on any atom is 0.326 e. The molecule has 0 aliphatic heterocycles. The van der Waals surface area contributed by atoms with E-state index in [4.69, 9.17) is 5.11 Å². The molecule has 0 radical (unpaired) electrons. The van der Waals surface area contributed by atoms with Crippen LogP contribution in [0.3, 0.4) is 0 Å². The molecule has 6 nitrogen and oxygen atoms in total. The van der Waals surface area contributed by atoms with Crippen LogP contribution in [-0.4, -0.2) is 29.1 Å². The number of rotatable bonds is 5. The van der Waals surface area contributed by atoms with Crippen molar-refractivity contribution in [3.63, 3.8) is 0 Å². The second kappa shape index (κ2) is 5.69. The lowest BCUT2D eigenvalue weighted by molar-refractivity contribution is -0.384. The molecular weight excluding hydrogens is 248 g/mol. The summed E-state index contributed by atoms with van der Waals surface area (Å²) in [5.74, 6) is -0.988. The number of likely N-dealkylation sites (N-methyl/N-ethyl adjacent to an activating group) is 1. The van der Waals surface area contributed by atoms with Gasteiger partial charge in [0, 0.05) is 13.1 Å². The van der Waals surface area contributed by atoms with Crippen molar-refractivity contribution >= 4 is 17.3 Å². The van der Waals surface area contributed by atoms with E-state index in [1.54, 1.807) is 27.0 Å². The van der Waals surface area contributed by atoms with Crippen LogP contribution < -0.4 is 4.90 Å². The van der Waals surface area contributed by atoms with Gasteiger partial charge in [0.05, 0.1) is 4.92 Å². The maximum absolute atomic E-state index is 11.2. The summed E-state index contributed by atoms with van der Waals surface area (Å²) in [5.41, 5.74) is 1.98. The van der Waals surface area contributed by atoms with Crippen LogP contribution >= 0.6 is 0 Å². The SMILES string of the molecule is CCC(C(=O)O)N(C)c1cc(C)c(C)cc1[N+](=O)[O-]. The quantitative estimate of drug-likeness (QED) is 0.654. The Labute approximate surface area is 111 Å². The first-order valence-corrected chi connectivity index (χ1v) is 6.00. The summed E-state index contributed by atoms with van der Waals surface area (Å²) in [6, 6.07) is 2.37. The van der Waals surface area contributed by atoms with Gasteiger partial charge in [-0.3, -0.25) is 10.1 Å². The van der Waals surface area contributed by atoms with Crippen molar-refractivity contribution in [3.8, 4) is 0 Å². The van der Waals surface area contributed by atoms with Crippen LogP contribution in [0.4, 0.5) is 11.4 Å². The Kier molecular flexibility index (Phi) is 4.47.